The van der Waals surface area contributed by atoms with Gasteiger partial charge in [0.15, 0.2) is 5.49 Å². The highest BCUT2D eigenvalue weighted by molar-refractivity contribution is 5.94. The van der Waals surface area contributed by atoms with Crippen molar-refractivity contribution in [2.24, 2.45) is 20.4 Å². The molecule has 6 nitrogen and oxygen atoms in total. The fourth-order valence-electron chi connectivity index (χ4n) is 1.27. The predicted octanol–water partition coefficient (Wildman–Crippen LogP) is -0.114. The molecule has 1 amide bonds. The minimum atomic E-state index is -0.308. The molecule has 0 saturated carbocycles. The van der Waals surface area contributed by atoms with Crippen molar-refractivity contribution < 1.29 is 4.79 Å². The highest BCUT2D eigenvalue weighted by Crippen LogP contribution is 2.06. The van der Waals surface area contributed by atoms with Crippen LogP contribution in [-0.2, 0) is 4.79 Å². The summed E-state index contributed by atoms with van der Waals surface area (Å²) in [7, 11) is 0. The normalized spacial score (nSPS) is 15.9. The second-order valence-electron chi connectivity index (χ2n) is 2.82. The maximum atomic E-state index is 11.0. The Morgan fingerprint density at radius 2 is 2.14 bits per heavy atom. The topological polar surface area (TPSA) is 79.4 Å². The van der Waals surface area contributed by atoms with Crippen LogP contribution in [0.1, 0.15) is 5.56 Å². The highest BCUT2D eigenvalue weighted by Gasteiger charge is 2.10. The minimum absolute atomic E-state index is 0.308. The largest absolute Gasteiger partial charge is 0.271 e. The van der Waals surface area contributed by atoms with Gasteiger partial charge in [0.2, 0.25) is 5.82 Å². The van der Waals surface area contributed by atoms with Crippen molar-refractivity contribution in [3.63, 3.8) is 0 Å². The third kappa shape index (κ3) is 0.905. The number of carbonyl (C=O) groups is 1. The second kappa shape index (κ2) is 2.38. The van der Waals surface area contributed by atoms with Crippen LogP contribution in [0.15, 0.2) is 32.6 Å². The summed E-state index contributed by atoms with van der Waals surface area (Å²) in [5.74, 6) is 0.104. The molecule has 2 aliphatic heterocycles. The summed E-state index contributed by atoms with van der Waals surface area (Å²) in [5.41, 5.74) is 1.15. The number of rotatable bonds is 0. The SMILES string of the molecule is O=C1C=Cc2cc3c(nc2=N1)N=NN=3. The van der Waals surface area contributed by atoms with Gasteiger partial charge >= 0.3 is 0 Å². The highest BCUT2D eigenvalue weighted by atomic mass is 16.1. The first-order chi connectivity index (χ1) is 6.83. The van der Waals surface area contributed by atoms with Crippen LogP contribution in [0.2, 0.25) is 0 Å². The van der Waals surface area contributed by atoms with Crippen molar-refractivity contribution in [1.29, 1.82) is 0 Å². The quantitative estimate of drug-likeness (QED) is 0.565. The van der Waals surface area contributed by atoms with E-state index >= 15 is 0 Å². The molecule has 0 N–H and O–H groups in total. The van der Waals surface area contributed by atoms with Crippen LogP contribution in [0.3, 0.4) is 0 Å². The van der Waals surface area contributed by atoms with Gasteiger partial charge in [0.1, 0.15) is 5.36 Å². The molecule has 0 spiro atoms. The molecule has 0 atom stereocenters. The standard InChI is InChI=1S/C8H3N5O/c14-6-2-1-4-3-5-8(12-13-11-5)10-7(4)9-6/h1-3H. The van der Waals surface area contributed by atoms with E-state index in [2.05, 4.69) is 25.4 Å². The summed E-state index contributed by atoms with van der Waals surface area (Å²) in [6.45, 7) is 0. The van der Waals surface area contributed by atoms with Crippen LogP contribution in [0, 0.1) is 0 Å². The van der Waals surface area contributed by atoms with Gasteiger partial charge in [0.25, 0.3) is 5.91 Å². The smallest absolute Gasteiger partial charge is 0.267 e. The Morgan fingerprint density at radius 3 is 3.07 bits per heavy atom. The first-order valence-electron chi connectivity index (χ1n) is 3.93. The Balaban J connectivity index is 2.42. The molecule has 14 heavy (non-hydrogen) atoms. The molecule has 0 unspecified atom stereocenters. The molecule has 1 aromatic heterocycles. The van der Waals surface area contributed by atoms with Gasteiger partial charge < -0.3 is 0 Å². The summed E-state index contributed by atoms with van der Waals surface area (Å²) in [4.78, 5) is 18.7. The van der Waals surface area contributed by atoms with Gasteiger partial charge in [-0.25, -0.2) is 4.98 Å². The third-order valence-electron chi connectivity index (χ3n) is 1.90. The van der Waals surface area contributed by atoms with E-state index in [0.717, 1.165) is 5.56 Å². The zero-order chi connectivity index (χ0) is 9.54. The van der Waals surface area contributed by atoms with Crippen molar-refractivity contribution in [2.75, 3.05) is 0 Å². The van der Waals surface area contributed by atoms with E-state index in [4.69, 9.17) is 0 Å². The van der Waals surface area contributed by atoms with Gasteiger partial charge in [-0.15, -0.1) is 10.2 Å². The average molecular weight is 185 g/mol. The number of amides is 1. The summed E-state index contributed by atoms with van der Waals surface area (Å²) < 4.78 is 0. The van der Waals surface area contributed by atoms with Gasteiger partial charge in [0, 0.05) is 11.6 Å². The maximum absolute atomic E-state index is 11.0. The first-order valence-corrected chi connectivity index (χ1v) is 3.93. The zero-order valence-electron chi connectivity index (χ0n) is 6.88. The molecule has 66 valence electrons. The molecule has 3 rings (SSSR count). The monoisotopic (exact) mass is 185 g/mol. The number of nitrogens with zero attached hydrogens (tertiary/aromatic N) is 5. The molecular weight excluding hydrogens is 182 g/mol. The lowest BCUT2D eigenvalue weighted by Crippen LogP contribution is -2.21. The fraction of sp³-hybridized carbons (Fsp3) is 0. The van der Waals surface area contributed by atoms with Gasteiger partial charge in [-0.1, -0.05) is 0 Å². The second-order valence-corrected chi connectivity index (χ2v) is 2.82. The average Bonchev–Trinajstić information content (AvgIpc) is 2.61. The number of aromatic nitrogens is 1. The van der Waals surface area contributed by atoms with Crippen molar-refractivity contribution in [3.8, 4) is 0 Å². The fourth-order valence-corrected chi connectivity index (χ4v) is 1.27. The van der Waals surface area contributed by atoms with Crippen molar-refractivity contribution in [2.45, 2.75) is 0 Å². The minimum Gasteiger partial charge on any atom is -0.267 e. The first kappa shape index (κ1) is 7.19. The predicted molar refractivity (Wildman–Crippen MR) is 45.1 cm³/mol. The molecule has 3 heterocycles. The Hall–Kier alpha value is -2.24. The van der Waals surface area contributed by atoms with Crippen LogP contribution < -0.4 is 10.8 Å². The van der Waals surface area contributed by atoms with Crippen LogP contribution in [0.5, 0.6) is 0 Å². The van der Waals surface area contributed by atoms with E-state index in [1.54, 1.807) is 12.1 Å². The Bertz CT molecular complexity index is 613. The van der Waals surface area contributed by atoms with Gasteiger partial charge in [0.05, 0.1) is 0 Å². The molecule has 0 aliphatic carbocycles. The van der Waals surface area contributed by atoms with E-state index in [-0.39, 0.29) is 5.91 Å². The molecule has 2 aliphatic rings. The van der Waals surface area contributed by atoms with Crippen LogP contribution in [-0.4, -0.2) is 10.9 Å². The molecule has 0 bridgehead atoms. The lowest BCUT2D eigenvalue weighted by molar-refractivity contribution is -0.113. The Kier molecular flexibility index (Phi) is 1.22. The summed E-state index contributed by atoms with van der Waals surface area (Å²) in [6.07, 6.45) is 3.05. The van der Waals surface area contributed by atoms with Gasteiger partial charge in [-0.3, -0.25) is 4.79 Å². The summed E-state index contributed by atoms with van der Waals surface area (Å²) in [5, 5.41) is 11.5. The number of carbonyl (C=O) groups excluding carboxylic acids is 1. The Labute approximate surface area is 77.4 Å². The van der Waals surface area contributed by atoms with E-state index in [9.17, 15) is 4.79 Å². The number of hydrogen-bond acceptors (Lipinski definition) is 5. The summed E-state index contributed by atoms with van der Waals surface area (Å²) >= 11 is 0. The van der Waals surface area contributed by atoms with E-state index in [1.807, 2.05) is 0 Å². The van der Waals surface area contributed by atoms with Crippen LogP contribution in [0.4, 0.5) is 5.82 Å². The van der Waals surface area contributed by atoms with Crippen molar-refractivity contribution in [3.05, 3.63) is 28.6 Å². The number of fused-ring (bicyclic) bond motifs is 2. The summed E-state index contributed by atoms with van der Waals surface area (Å²) in [6, 6.07) is 1.75. The zero-order valence-corrected chi connectivity index (χ0v) is 6.88. The molecule has 6 heteroatoms. The molecule has 0 fully saturated rings. The third-order valence-corrected chi connectivity index (χ3v) is 1.90. The van der Waals surface area contributed by atoms with Crippen LogP contribution in [0.25, 0.3) is 6.08 Å². The lowest BCUT2D eigenvalue weighted by atomic mass is 10.2. The maximum Gasteiger partial charge on any atom is 0.271 e. The van der Waals surface area contributed by atoms with E-state index in [1.165, 1.54) is 6.08 Å². The molecular formula is C8H3N5O. The lowest BCUT2D eigenvalue weighted by Gasteiger charge is -1.98. The number of hydrogen-bond donors (Lipinski definition) is 0. The van der Waals surface area contributed by atoms with E-state index in [0.29, 0.717) is 16.7 Å². The van der Waals surface area contributed by atoms with Gasteiger partial charge in [-0.2, -0.15) is 4.99 Å². The molecule has 1 aromatic rings. The molecule has 0 radical (unpaired) electrons. The van der Waals surface area contributed by atoms with Crippen LogP contribution >= 0.6 is 0 Å². The van der Waals surface area contributed by atoms with E-state index < -0.39 is 0 Å². The number of pyridine rings is 1. The molecule has 0 saturated heterocycles. The Morgan fingerprint density at radius 1 is 1.21 bits per heavy atom. The van der Waals surface area contributed by atoms with Crippen molar-refractivity contribution >= 4 is 17.8 Å². The van der Waals surface area contributed by atoms with Crippen molar-refractivity contribution in [1.82, 2.24) is 4.98 Å². The molecule has 0 aromatic carbocycles. The van der Waals surface area contributed by atoms with Gasteiger partial charge in [-0.05, 0) is 17.4 Å².